The van der Waals surface area contributed by atoms with Crippen molar-refractivity contribution in [2.75, 3.05) is 10.2 Å². The average molecular weight is 372 g/mol. The van der Waals surface area contributed by atoms with Gasteiger partial charge in [-0.3, -0.25) is 14.5 Å². The summed E-state index contributed by atoms with van der Waals surface area (Å²) >= 11 is 6.48. The van der Waals surface area contributed by atoms with Gasteiger partial charge in [-0.15, -0.1) is 0 Å². The summed E-state index contributed by atoms with van der Waals surface area (Å²) in [6.45, 7) is 1.44. The highest BCUT2D eigenvalue weighted by atomic mass is 32.2. The Morgan fingerprint density at radius 3 is 2.40 bits per heavy atom. The predicted molar refractivity (Wildman–Crippen MR) is 103 cm³/mol. The van der Waals surface area contributed by atoms with E-state index in [1.807, 2.05) is 0 Å². The van der Waals surface area contributed by atoms with Crippen molar-refractivity contribution in [3.8, 4) is 0 Å². The number of nitrogens with one attached hydrogen (secondary N) is 1. The summed E-state index contributed by atoms with van der Waals surface area (Å²) in [5, 5.41) is 2.68. The molecular weight excluding hydrogens is 359 g/mol. The number of hydrogen-bond donors (Lipinski definition) is 1. The molecule has 2 aromatic rings. The second-order valence-corrected chi connectivity index (χ2v) is 6.97. The first kappa shape index (κ1) is 17.3. The van der Waals surface area contributed by atoms with Gasteiger partial charge in [-0.25, -0.2) is 4.39 Å². The monoisotopic (exact) mass is 372 g/mol. The zero-order valence-corrected chi connectivity index (χ0v) is 14.8. The molecule has 0 atom stereocenters. The molecule has 126 valence electrons. The van der Waals surface area contributed by atoms with Crippen molar-refractivity contribution in [2.24, 2.45) is 0 Å². The van der Waals surface area contributed by atoms with Gasteiger partial charge in [0.1, 0.15) is 5.82 Å². The van der Waals surface area contributed by atoms with Crippen LogP contribution in [-0.4, -0.2) is 16.1 Å². The van der Waals surface area contributed by atoms with Crippen LogP contribution in [0.15, 0.2) is 53.4 Å². The summed E-state index contributed by atoms with van der Waals surface area (Å²) in [5.74, 6) is -0.760. The standard InChI is InChI=1S/C18H13FN2O2S2/c1-11(22)20-14-6-2-12(3-7-14)10-16-17(23)21(18(24)25-16)15-8-4-13(19)5-9-15/h2-10H,1H3,(H,20,22)/b16-10-. The highest BCUT2D eigenvalue weighted by Crippen LogP contribution is 2.36. The molecule has 0 spiro atoms. The molecule has 1 saturated heterocycles. The zero-order chi connectivity index (χ0) is 18.0. The second kappa shape index (κ2) is 7.16. The Morgan fingerprint density at radius 1 is 1.16 bits per heavy atom. The fourth-order valence-corrected chi connectivity index (χ4v) is 3.60. The van der Waals surface area contributed by atoms with E-state index in [0.29, 0.717) is 20.6 Å². The third kappa shape index (κ3) is 3.94. The third-order valence-corrected chi connectivity index (χ3v) is 4.71. The van der Waals surface area contributed by atoms with Crippen molar-refractivity contribution in [2.45, 2.75) is 6.92 Å². The Balaban J connectivity index is 1.82. The number of benzene rings is 2. The van der Waals surface area contributed by atoms with E-state index in [9.17, 15) is 14.0 Å². The number of amides is 2. The summed E-state index contributed by atoms with van der Waals surface area (Å²) in [5.41, 5.74) is 2.03. The van der Waals surface area contributed by atoms with E-state index in [1.165, 1.54) is 47.9 Å². The first-order chi connectivity index (χ1) is 11.9. The Labute approximate surface area is 153 Å². The van der Waals surface area contributed by atoms with Gasteiger partial charge in [0.25, 0.3) is 5.91 Å². The summed E-state index contributed by atoms with van der Waals surface area (Å²) in [7, 11) is 0. The number of halogens is 1. The molecule has 0 radical (unpaired) electrons. The molecule has 0 aromatic heterocycles. The van der Waals surface area contributed by atoms with Gasteiger partial charge in [0, 0.05) is 12.6 Å². The number of carbonyl (C=O) groups is 2. The normalized spacial score (nSPS) is 15.8. The number of hydrogen-bond acceptors (Lipinski definition) is 4. The largest absolute Gasteiger partial charge is 0.326 e. The van der Waals surface area contributed by atoms with Gasteiger partial charge in [-0.2, -0.15) is 0 Å². The van der Waals surface area contributed by atoms with Crippen LogP contribution in [0.4, 0.5) is 15.8 Å². The number of rotatable bonds is 3. The van der Waals surface area contributed by atoms with Gasteiger partial charge in [-0.05, 0) is 48.0 Å². The Bertz CT molecular complexity index is 877. The minimum Gasteiger partial charge on any atom is -0.326 e. The maximum Gasteiger partial charge on any atom is 0.270 e. The predicted octanol–water partition coefficient (Wildman–Crippen LogP) is 4.19. The Kier molecular flexibility index (Phi) is 4.96. The molecule has 3 rings (SSSR count). The molecule has 0 saturated carbocycles. The first-order valence-electron chi connectivity index (χ1n) is 7.35. The molecule has 1 aliphatic rings. The SMILES string of the molecule is CC(=O)Nc1ccc(/C=C2\SC(=S)N(c3ccc(F)cc3)C2=O)cc1. The smallest absolute Gasteiger partial charge is 0.270 e. The second-order valence-electron chi connectivity index (χ2n) is 5.30. The molecule has 2 amide bonds. The third-order valence-electron chi connectivity index (χ3n) is 3.41. The fraction of sp³-hybridized carbons (Fsp3) is 0.0556. The van der Waals surface area contributed by atoms with Crippen molar-refractivity contribution in [3.05, 3.63) is 64.8 Å². The lowest BCUT2D eigenvalue weighted by Crippen LogP contribution is -2.27. The number of carbonyl (C=O) groups excluding carboxylic acids is 2. The summed E-state index contributed by atoms with van der Waals surface area (Å²) in [6.07, 6.45) is 1.74. The highest BCUT2D eigenvalue weighted by Gasteiger charge is 2.33. The summed E-state index contributed by atoms with van der Waals surface area (Å²) < 4.78 is 13.5. The van der Waals surface area contributed by atoms with Gasteiger partial charge in [-0.1, -0.05) is 36.1 Å². The van der Waals surface area contributed by atoms with Crippen LogP contribution in [0.25, 0.3) is 6.08 Å². The van der Waals surface area contributed by atoms with Gasteiger partial charge in [0.2, 0.25) is 5.91 Å². The Hall–Kier alpha value is -2.51. The van der Waals surface area contributed by atoms with Gasteiger partial charge >= 0.3 is 0 Å². The van der Waals surface area contributed by atoms with Crippen molar-refractivity contribution < 1.29 is 14.0 Å². The lowest BCUT2D eigenvalue weighted by molar-refractivity contribution is -0.114. The minimum absolute atomic E-state index is 0.145. The molecular formula is C18H13FN2O2S2. The molecule has 2 aromatic carbocycles. The van der Waals surface area contributed by atoms with Crippen molar-refractivity contribution in [1.82, 2.24) is 0 Å². The highest BCUT2D eigenvalue weighted by molar-refractivity contribution is 8.27. The molecule has 25 heavy (non-hydrogen) atoms. The molecule has 1 aliphatic heterocycles. The van der Waals surface area contributed by atoms with Crippen LogP contribution in [0.1, 0.15) is 12.5 Å². The van der Waals surface area contributed by atoms with Crippen LogP contribution >= 0.6 is 24.0 Å². The van der Waals surface area contributed by atoms with E-state index in [2.05, 4.69) is 5.32 Å². The van der Waals surface area contributed by atoms with E-state index in [-0.39, 0.29) is 17.6 Å². The van der Waals surface area contributed by atoms with Crippen LogP contribution in [-0.2, 0) is 9.59 Å². The zero-order valence-electron chi connectivity index (χ0n) is 13.2. The van der Waals surface area contributed by atoms with Crippen LogP contribution in [0.5, 0.6) is 0 Å². The lowest BCUT2D eigenvalue weighted by Gasteiger charge is -2.14. The van der Waals surface area contributed by atoms with E-state index in [0.717, 1.165) is 5.56 Å². The number of thioether (sulfide) groups is 1. The molecule has 7 heteroatoms. The molecule has 0 bridgehead atoms. The molecule has 0 unspecified atom stereocenters. The van der Waals surface area contributed by atoms with Crippen LogP contribution in [0.2, 0.25) is 0 Å². The maximum absolute atomic E-state index is 13.1. The minimum atomic E-state index is -0.371. The van der Waals surface area contributed by atoms with E-state index in [4.69, 9.17) is 12.2 Å². The van der Waals surface area contributed by atoms with Crippen LogP contribution < -0.4 is 10.2 Å². The quantitative estimate of drug-likeness (QED) is 0.648. The lowest BCUT2D eigenvalue weighted by atomic mass is 10.2. The molecule has 1 N–H and O–H groups in total. The van der Waals surface area contributed by atoms with Gasteiger partial charge in [0.15, 0.2) is 4.32 Å². The van der Waals surface area contributed by atoms with E-state index >= 15 is 0 Å². The molecule has 0 aliphatic carbocycles. The van der Waals surface area contributed by atoms with Gasteiger partial charge in [0.05, 0.1) is 10.6 Å². The van der Waals surface area contributed by atoms with Crippen LogP contribution in [0.3, 0.4) is 0 Å². The maximum atomic E-state index is 13.1. The Morgan fingerprint density at radius 2 is 1.80 bits per heavy atom. The van der Waals surface area contributed by atoms with Crippen molar-refractivity contribution in [1.29, 1.82) is 0 Å². The number of anilines is 2. The molecule has 4 nitrogen and oxygen atoms in total. The van der Waals surface area contributed by atoms with Crippen molar-refractivity contribution in [3.63, 3.8) is 0 Å². The van der Waals surface area contributed by atoms with Crippen LogP contribution in [0, 0.1) is 5.82 Å². The summed E-state index contributed by atoms with van der Waals surface area (Å²) in [4.78, 5) is 25.5. The fourth-order valence-electron chi connectivity index (χ4n) is 2.30. The summed E-state index contributed by atoms with van der Waals surface area (Å²) in [6, 6.07) is 12.7. The van der Waals surface area contributed by atoms with E-state index in [1.54, 1.807) is 30.3 Å². The van der Waals surface area contributed by atoms with E-state index < -0.39 is 0 Å². The van der Waals surface area contributed by atoms with Crippen molar-refractivity contribution >= 4 is 57.6 Å². The van der Waals surface area contributed by atoms with Gasteiger partial charge < -0.3 is 5.32 Å². The number of nitrogens with zero attached hydrogens (tertiary/aromatic N) is 1. The number of thiocarbonyl (C=S) groups is 1. The first-order valence-corrected chi connectivity index (χ1v) is 8.58. The molecule has 1 fully saturated rings. The average Bonchev–Trinajstić information content (AvgIpc) is 2.84. The topological polar surface area (TPSA) is 49.4 Å². The molecule has 1 heterocycles.